The van der Waals surface area contributed by atoms with E-state index in [1.54, 1.807) is 17.0 Å². The molecule has 0 aromatic heterocycles. The van der Waals surface area contributed by atoms with E-state index in [0.29, 0.717) is 6.42 Å². The molecule has 44 heavy (non-hydrogen) atoms. The molecule has 1 aliphatic rings. The quantitative estimate of drug-likeness (QED) is 0.0821. The molecule has 0 aliphatic carbocycles. The van der Waals surface area contributed by atoms with Gasteiger partial charge in [-0.25, -0.2) is 8.42 Å². The van der Waals surface area contributed by atoms with E-state index in [1.807, 2.05) is 50.2 Å². The maximum Gasteiger partial charge on any atom is 0.339 e. The van der Waals surface area contributed by atoms with Crippen LogP contribution in [0.5, 0.6) is 0 Å². The van der Waals surface area contributed by atoms with E-state index in [2.05, 4.69) is 9.71 Å². The first-order chi connectivity index (χ1) is 20.4. The molecule has 1 amide bonds. The van der Waals surface area contributed by atoms with Crippen molar-refractivity contribution in [2.45, 2.75) is 50.0 Å². The number of carboxylic acids is 1. The molecule has 0 spiro atoms. The fourth-order valence-corrected chi connectivity index (χ4v) is 6.73. The fraction of sp³-hybridized carbons (Fsp3) is 0.464. The van der Waals surface area contributed by atoms with Gasteiger partial charge in [0, 0.05) is 45.1 Å². The number of nitrogens with one attached hydrogen (secondary N) is 1. The van der Waals surface area contributed by atoms with Gasteiger partial charge in [-0.1, -0.05) is 56.3 Å². The molecule has 1 saturated heterocycles. The highest BCUT2D eigenvalue weighted by Gasteiger charge is 2.33. The number of aliphatic imine (C=N–C) groups is 1. The Morgan fingerprint density at radius 2 is 1.59 bits per heavy atom. The Bertz CT molecular complexity index is 1430. The van der Waals surface area contributed by atoms with Crippen LogP contribution in [-0.2, 0) is 29.6 Å². The Kier molecular flexibility index (Phi) is 13.5. The highest BCUT2D eigenvalue weighted by atomic mass is 32.2. The van der Waals surface area contributed by atoms with Gasteiger partial charge in [-0.2, -0.15) is 4.72 Å². The van der Waals surface area contributed by atoms with Crippen molar-refractivity contribution >= 4 is 35.5 Å². The molecule has 16 heteroatoms. The SMILES string of the molecule is CC(=O)O.CC(C)(c1ccccc1)c1cccc(S(=O)(=O)N[C@@H](CCCN=C(N)N)C(=O)N2CCN(CP(=O)(O)O)CC2)c1. The molecule has 8 N–H and O–H groups in total. The normalized spacial score (nSPS) is 15.1. The molecule has 1 atom stereocenters. The van der Waals surface area contributed by atoms with Gasteiger partial charge in [0.25, 0.3) is 5.97 Å². The van der Waals surface area contributed by atoms with Gasteiger partial charge in [-0.05, 0) is 36.1 Å². The molecule has 2 aromatic carbocycles. The molecule has 0 saturated carbocycles. The molecule has 1 heterocycles. The molecule has 14 nitrogen and oxygen atoms in total. The highest BCUT2D eigenvalue weighted by Crippen LogP contribution is 2.35. The van der Waals surface area contributed by atoms with E-state index in [0.717, 1.165) is 18.1 Å². The Labute approximate surface area is 258 Å². The second-order valence-corrected chi connectivity index (χ2v) is 14.2. The molecule has 1 fully saturated rings. The minimum atomic E-state index is -4.22. The third kappa shape index (κ3) is 12.0. The summed E-state index contributed by atoms with van der Waals surface area (Å²) in [5.74, 6) is -1.34. The number of carboxylic acid groups (broad SMARTS) is 1. The molecule has 0 bridgehead atoms. The van der Waals surface area contributed by atoms with Crippen molar-refractivity contribution in [2.24, 2.45) is 16.5 Å². The van der Waals surface area contributed by atoms with Gasteiger partial charge < -0.3 is 31.3 Å². The first-order valence-corrected chi connectivity index (χ1v) is 17.2. The largest absolute Gasteiger partial charge is 0.481 e. The van der Waals surface area contributed by atoms with Crippen LogP contribution in [0.2, 0.25) is 0 Å². The van der Waals surface area contributed by atoms with E-state index in [4.69, 9.17) is 21.4 Å². The van der Waals surface area contributed by atoms with Crippen molar-refractivity contribution in [3.05, 3.63) is 65.7 Å². The van der Waals surface area contributed by atoms with E-state index in [9.17, 15) is 27.6 Å². The lowest BCUT2D eigenvalue weighted by atomic mass is 9.78. The van der Waals surface area contributed by atoms with Crippen molar-refractivity contribution in [1.29, 1.82) is 0 Å². The highest BCUT2D eigenvalue weighted by molar-refractivity contribution is 7.89. The van der Waals surface area contributed by atoms with Crippen LogP contribution in [0.15, 0.2) is 64.5 Å². The van der Waals surface area contributed by atoms with Crippen LogP contribution in [0.25, 0.3) is 0 Å². The zero-order chi connectivity index (χ0) is 33.1. The number of carbonyl (C=O) groups excluding carboxylic acids is 1. The van der Waals surface area contributed by atoms with Gasteiger partial charge in [-0.3, -0.25) is 24.0 Å². The molecule has 2 aromatic rings. The van der Waals surface area contributed by atoms with E-state index in [1.165, 1.54) is 11.0 Å². The maximum atomic E-state index is 13.6. The van der Waals surface area contributed by atoms with Crippen LogP contribution >= 0.6 is 7.60 Å². The number of benzene rings is 2. The minimum absolute atomic E-state index is 0.0440. The van der Waals surface area contributed by atoms with Crippen molar-refractivity contribution < 1.29 is 37.5 Å². The summed E-state index contributed by atoms with van der Waals surface area (Å²) < 4.78 is 41.0. The van der Waals surface area contributed by atoms with Gasteiger partial charge in [0.05, 0.1) is 4.90 Å². The Morgan fingerprint density at radius 1 is 1.02 bits per heavy atom. The Hall–Kier alpha value is -3.33. The van der Waals surface area contributed by atoms with Crippen LogP contribution < -0.4 is 16.2 Å². The van der Waals surface area contributed by atoms with Gasteiger partial charge in [-0.15, -0.1) is 0 Å². The van der Waals surface area contributed by atoms with Crippen molar-refractivity contribution in [1.82, 2.24) is 14.5 Å². The van der Waals surface area contributed by atoms with Gasteiger partial charge in [0.15, 0.2) is 5.96 Å². The summed E-state index contributed by atoms with van der Waals surface area (Å²) >= 11 is 0. The van der Waals surface area contributed by atoms with Gasteiger partial charge in [0.2, 0.25) is 15.9 Å². The second kappa shape index (κ2) is 16.1. The summed E-state index contributed by atoms with van der Waals surface area (Å²) in [6.07, 6.45) is 0.127. The molecule has 1 aliphatic heterocycles. The van der Waals surface area contributed by atoms with Crippen LogP contribution in [0.1, 0.15) is 44.7 Å². The number of aliphatic carboxylic acids is 1. The lowest BCUT2D eigenvalue weighted by molar-refractivity contribution is -0.135. The van der Waals surface area contributed by atoms with Crippen molar-refractivity contribution in [2.75, 3.05) is 39.0 Å². The second-order valence-electron chi connectivity index (χ2n) is 10.9. The first kappa shape index (κ1) is 36.9. The molecular formula is C28H43N6O8PS. The number of guanidine groups is 1. The Morgan fingerprint density at radius 3 is 2.14 bits per heavy atom. The summed E-state index contributed by atoms with van der Waals surface area (Å²) in [5.41, 5.74) is 12.2. The predicted molar refractivity (Wildman–Crippen MR) is 167 cm³/mol. The lowest BCUT2D eigenvalue weighted by Gasteiger charge is -2.36. The number of nitrogens with zero attached hydrogens (tertiary/aromatic N) is 3. The number of carbonyl (C=O) groups is 2. The van der Waals surface area contributed by atoms with E-state index >= 15 is 0 Å². The minimum Gasteiger partial charge on any atom is -0.481 e. The number of sulfonamides is 1. The average molecular weight is 655 g/mol. The molecule has 244 valence electrons. The molecule has 3 rings (SSSR count). The summed E-state index contributed by atoms with van der Waals surface area (Å²) in [6.45, 7) is 6.30. The number of piperazine rings is 1. The summed E-state index contributed by atoms with van der Waals surface area (Å²) in [7, 11) is -8.32. The fourth-order valence-electron chi connectivity index (χ4n) is 4.66. The van der Waals surface area contributed by atoms with Crippen LogP contribution in [0.4, 0.5) is 0 Å². The smallest absolute Gasteiger partial charge is 0.339 e. The van der Waals surface area contributed by atoms with E-state index < -0.39 is 41.0 Å². The van der Waals surface area contributed by atoms with Crippen molar-refractivity contribution in [3.63, 3.8) is 0 Å². The monoisotopic (exact) mass is 654 g/mol. The van der Waals surface area contributed by atoms with Crippen LogP contribution in [0.3, 0.4) is 0 Å². The zero-order valence-electron chi connectivity index (χ0n) is 25.2. The third-order valence-corrected chi connectivity index (χ3v) is 9.21. The summed E-state index contributed by atoms with van der Waals surface area (Å²) in [4.78, 5) is 48.0. The number of hydrogen-bond acceptors (Lipinski definition) is 7. The molecule has 0 radical (unpaired) electrons. The van der Waals surface area contributed by atoms with E-state index in [-0.39, 0.29) is 56.3 Å². The summed E-state index contributed by atoms with van der Waals surface area (Å²) in [6, 6.07) is 15.4. The standard InChI is InChI=1S/C26H39N6O6PS.C2H4O2/c1-26(2,20-8-4-3-5-9-20)21-10-6-11-22(18-21)40(37,38)30-23(12-7-13-29-25(27)28)24(33)32-16-14-31(15-17-32)19-39(34,35)36;1-2(3)4/h3-6,8-11,18,23,30H,7,12-17,19H2,1-2H3,(H4,27,28,29)(H2,34,35,36);1H3,(H,3,4)/t23-;/m0./s1. The maximum absolute atomic E-state index is 13.6. The van der Waals surface area contributed by atoms with Crippen LogP contribution in [-0.4, -0.2) is 96.0 Å². The van der Waals surface area contributed by atoms with Gasteiger partial charge in [0.1, 0.15) is 12.3 Å². The zero-order valence-corrected chi connectivity index (χ0v) is 26.9. The van der Waals surface area contributed by atoms with Crippen molar-refractivity contribution in [3.8, 4) is 0 Å². The first-order valence-electron chi connectivity index (χ1n) is 13.9. The number of rotatable bonds is 12. The number of nitrogens with two attached hydrogens (primary N) is 2. The lowest BCUT2D eigenvalue weighted by Crippen LogP contribution is -2.55. The average Bonchev–Trinajstić information content (AvgIpc) is 2.94. The van der Waals surface area contributed by atoms with Gasteiger partial charge >= 0.3 is 7.60 Å². The molecular weight excluding hydrogens is 611 g/mol. The number of hydrogen-bond donors (Lipinski definition) is 6. The van der Waals surface area contributed by atoms with Crippen LogP contribution in [0, 0.1) is 0 Å². The summed E-state index contributed by atoms with van der Waals surface area (Å²) in [5, 5.41) is 7.42. The molecule has 0 unspecified atom stereocenters. The Balaban J connectivity index is 0.00000159. The number of amides is 1. The third-order valence-electron chi connectivity index (χ3n) is 6.97. The topological polar surface area (TPSA) is 229 Å². The predicted octanol–water partition coefficient (Wildman–Crippen LogP) is 1.08.